The molecule has 0 spiro atoms. The summed E-state index contributed by atoms with van der Waals surface area (Å²) in [6, 6.07) is 20.3. The minimum atomic E-state index is 0.193. The van der Waals surface area contributed by atoms with E-state index in [1.54, 1.807) is 0 Å². The number of anilines is 1. The molecule has 2 atom stereocenters. The minimum absolute atomic E-state index is 0.193. The second-order valence-electron chi connectivity index (χ2n) is 7.90. The third kappa shape index (κ3) is 4.43. The van der Waals surface area contributed by atoms with Gasteiger partial charge in [0.1, 0.15) is 11.8 Å². The van der Waals surface area contributed by atoms with Gasteiger partial charge < -0.3 is 14.1 Å². The Bertz CT molecular complexity index is 979. The average Bonchev–Trinajstić information content (AvgIpc) is 3.16. The predicted molar refractivity (Wildman–Crippen MR) is 113 cm³/mol. The molecule has 0 N–H and O–H groups in total. The number of benzene rings is 2. The molecule has 5 heteroatoms. The number of nitrogens with zero attached hydrogens (tertiary/aromatic N) is 3. The highest BCUT2D eigenvalue weighted by molar-refractivity contribution is 5.63. The van der Waals surface area contributed by atoms with Gasteiger partial charge in [0.25, 0.3) is 0 Å². The summed E-state index contributed by atoms with van der Waals surface area (Å²) in [4.78, 5) is 6.48. The summed E-state index contributed by atoms with van der Waals surface area (Å²) >= 11 is 0. The lowest BCUT2D eigenvalue weighted by Gasteiger charge is -2.34. The van der Waals surface area contributed by atoms with Gasteiger partial charge in [0.15, 0.2) is 6.61 Å². The Labute approximate surface area is 171 Å². The van der Waals surface area contributed by atoms with E-state index in [2.05, 4.69) is 41.9 Å². The quantitative estimate of drug-likeness (QED) is 0.596. The van der Waals surface area contributed by atoms with Crippen LogP contribution < -0.4 is 9.64 Å². The third-order valence-electron chi connectivity index (χ3n) is 5.24. The molecule has 0 radical (unpaired) electrons. The Kier molecular flexibility index (Phi) is 5.53. The number of oxazole rings is 1. The van der Waals surface area contributed by atoms with E-state index < -0.39 is 0 Å². The molecule has 2 unspecified atom stereocenters. The fourth-order valence-corrected chi connectivity index (χ4v) is 4.05. The van der Waals surface area contributed by atoms with Crippen molar-refractivity contribution in [2.24, 2.45) is 11.8 Å². The van der Waals surface area contributed by atoms with Gasteiger partial charge in [-0.25, -0.2) is 0 Å². The molecule has 148 valence electrons. The van der Waals surface area contributed by atoms with Crippen molar-refractivity contribution in [1.29, 1.82) is 5.26 Å². The molecule has 0 amide bonds. The highest BCUT2D eigenvalue weighted by Crippen LogP contribution is 2.30. The summed E-state index contributed by atoms with van der Waals surface area (Å²) in [5, 5.41) is 9.48. The second-order valence-corrected chi connectivity index (χ2v) is 7.90. The van der Waals surface area contributed by atoms with Crippen LogP contribution in [-0.2, 0) is 6.61 Å². The van der Waals surface area contributed by atoms with Gasteiger partial charge >= 0.3 is 0 Å². The van der Waals surface area contributed by atoms with Gasteiger partial charge in [-0.15, -0.1) is 0 Å². The van der Waals surface area contributed by atoms with Gasteiger partial charge in [0.2, 0.25) is 17.5 Å². The van der Waals surface area contributed by atoms with E-state index in [0.29, 0.717) is 29.3 Å². The number of aromatic nitrogens is 1. The maximum absolute atomic E-state index is 9.48. The summed E-state index contributed by atoms with van der Waals surface area (Å²) in [7, 11) is 0. The van der Waals surface area contributed by atoms with E-state index in [9.17, 15) is 5.26 Å². The van der Waals surface area contributed by atoms with Gasteiger partial charge in [0.05, 0.1) is 0 Å². The Morgan fingerprint density at radius 2 is 1.69 bits per heavy atom. The van der Waals surface area contributed by atoms with Gasteiger partial charge in [0, 0.05) is 13.1 Å². The van der Waals surface area contributed by atoms with Crippen LogP contribution in [0.5, 0.6) is 5.75 Å². The van der Waals surface area contributed by atoms with Crippen molar-refractivity contribution in [3.05, 3.63) is 66.2 Å². The third-order valence-corrected chi connectivity index (χ3v) is 5.24. The van der Waals surface area contributed by atoms with Crippen LogP contribution in [0.4, 0.5) is 5.88 Å². The number of nitriles is 1. The van der Waals surface area contributed by atoms with Crippen LogP contribution in [-0.4, -0.2) is 18.1 Å². The van der Waals surface area contributed by atoms with Gasteiger partial charge in [-0.3, -0.25) is 0 Å². The van der Waals surface area contributed by atoms with Crippen LogP contribution in [0.1, 0.15) is 31.9 Å². The van der Waals surface area contributed by atoms with E-state index in [1.165, 1.54) is 12.0 Å². The van der Waals surface area contributed by atoms with Gasteiger partial charge in [-0.2, -0.15) is 10.2 Å². The van der Waals surface area contributed by atoms with Crippen molar-refractivity contribution in [2.45, 2.75) is 26.9 Å². The molecule has 1 aliphatic heterocycles. The molecule has 5 nitrogen and oxygen atoms in total. The molecule has 0 saturated carbocycles. The smallest absolute Gasteiger partial charge is 0.236 e. The van der Waals surface area contributed by atoms with Crippen molar-refractivity contribution >= 4 is 5.88 Å². The van der Waals surface area contributed by atoms with Crippen molar-refractivity contribution < 1.29 is 9.15 Å². The maximum atomic E-state index is 9.48. The Morgan fingerprint density at radius 1 is 1.03 bits per heavy atom. The number of hydrogen-bond donors (Lipinski definition) is 0. The molecule has 1 aromatic heterocycles. The number of rotatable bonds is 5. The van der Waals surface area contributed by atoms with Crippen LogP contribution in [0.25, 0.3) is 11.1 Å². The molecule has 0 bridgehead atoms. The van der Waals surface area contributed by atoms with Crippen LogP contribution in [0.15, 0.2) is 59.0 Å². The topological polar surface area (TPSA) is 62.3 Å². The Balaban J connectivity index is 1.44. The van der Waals surface area contributed by atoms with Crippen LogP contribution in [0.3, 0.4) is 0 Å². The van der Waals surface area contributed by atoms with E-state index >= 15 is 0 Å². The molecule has 3 aromatic rings. The molecule has 4 rings (SSSR count). The molecular formula is C24H25N3O2. The standard InChI is InChI=1S/C24H25N3O2/c1-17-12-18(2)15-27(14-17)24-22(13-25)26-23(29-24)16-28-21-10-8-20(9-11-21)19-6-4-3-5-7-19/h3-11,17-18H,12,14-16H2,1-2H3. The zero-order valence-corrected chi connectivity index (χ0v) is 16.8. The zero-order chi connectivity index (χ0) is 20.2. The monoisotopic (exact) mass is 387 g/mol. The molecule has 1 fully saturated rings. The first-order valence-corrected chi connectivity index (χ1v) is 10.1. The first-order chi connectivity index (χ1) is 14.1. The van der Waals surface area contributed by atoms with E-state index in [4.69, 9.17) is 9.15 Å². The van der Waals surface area contributed by atoms with Crippen LogP contribution in [0.2, 0.25) is 0 Å². The number of ether oxygens (including phenoxy) is 1. The maximum Gasteiger partial charge on any atom is 0.236 e. The molecule has 1 saturated heterocycles. The number of hydrogen-bond acceptors (Lipinski definition) is 5. The van der Waals surface area contributed by atoms with Crippen LogP contribution in [0, 0.1) is 23.2 Å². The lowest BCUT2D eigenvalue weighted by molar-refractivity contribution is 0.261. The summed E-state index contributed by atoms with van der Waals surface area (Å²) in [6.45, 7) is 6.42. The highest BCUT2D eigenvalue weighted by atomic mass is 16.5. The first kappa shape index (κ1) is 19.1. The molecule has 0 aliphatic carbocycles. The summed E-state index contributed by atoms with van der Waals surface area (Å²) in [5.41, 5.74) is 2.64. The highest BCUT2D eigenvalue weighted by Gasteiger charge is 2.27. The fraction of sp³-hybridized carbons (Fsp3) is 0.333. The summed E-state index contributed by atoms with van der Waals surface area (Å²) in [5.74, 6) is 2.87. The number of piperidine rings is 1. The van der Waals surface area contributed by atoms with Gasteiger partial charge in [-0.1, -0.05) is 56.3 Å². The fourth-order valence-electron chi connectivity index (χ4n) is 4.05. The second kappa shape index (κ2) is 8.40. The van der Waals surface area contributed by atoms with Crippen LogP contribution >= 0.6 is 0 Å². The summed E-state index contributed by atoms with van der Waals surface area (Å²) in [6.07, 6.45) is 1.20. The molecule has 1 aliphatic rings. The van der Waals surface area contributed by atoms with Crippen molar-refractivity contribution in [1.82, 2.24) is 4.98 Å². The van der Waals surface area contributed by atoms with Crippen molar-refractivity contribution in [3.8, 4) is 22.9 Å². The molecule has 2 heterocycles. The summed E-state index contributed by atoms with van der Waals surface area (Å²) < 4.78 is 11.8. The van der Waals surface area contributed by atoms with E-state index in [1.807, 2.05) is 42.5 Å². The lowest BCUT2D eigenvalue weighted by Crippen LogP contribution is -2.38. The first-order valence-electron chi connectivity index (χ1n) is 10.1. The average molecular weight is 387 g/mol. The molecule has 2 aromatic carbocycles. The zero-order valence-electron chi connectivity index (χ0n) is 16.8. The van der Waals surface area contributed by atoms with E-state index in [-0.39, 0.29) is 6.61 Å². The van der Waals surface area contributed by atoms with Gasteiger partial charge in [-0.05, 0) is 41.5 Å². The van der Waals surface area contributed by atoms with Crippen molar-refractivity contribution in [2.75, 3.05) is 18.0 Å². The molecular weight excluding hydrogens is 362 g/mol. The Morgan fingerprint density at radius 3 is 2.34 bits per heavy atom. The SMILES string of the molecule is CC1CC(C)CN(c2oc(COc3ccc(-c4ccccc4)cc3)nc2C#N)C1. The van der Waals surface area contributed by atoms with E-state index in [0.717, 1.165) is 24.4 Å². The predicted octanol–water partition coefficient (Wildman–Crippen LogP) is 5.27. The normalized spacial score (nSPS) is 19.0. The lowest BCUT2D eigenvalue weighted by atomic mass is 9.92. The minimum Gasteiger partial charge on any atom is -0.484 e. The Hall–Kier alpha value is -3.26. The largest absolute Gasteiger partial charge is 0.484 e. The molecule has 29 heavy (non-hydrogen) atoms. The van der Waals surface area contributed by atoms with Crippen molar-refractivity contribution in [3.63, 3.8) is 0 Å².